The summed E-state index contributed by atoms with van der Waals surface area (Å²) in [6.45, 7) is 2.19. The Kier molecular flexibility index (Phi) is 7.84. The average molecular weight is 330 g/mol. The zero-order valence-electron chi connectivity index (χ0n) is 12.2. The third kappa shape index (κ3) is 5.99. The first-order valence-corrected chi connectivity index (χ1v) is 7.19. The van der Waals surface area contributed by atoms with Gasteiger partial charge in [-0.05, 0) is 43.7 Å². The van der Waals surface area contributed by atoms with Gasteiger partial charge in [0.1, 0.15) is 5.82 Å². The van der Waals surface area contributed by atoms with Crippen molar-refractivity contribution in [3.63, 3.8) is 0 Å². The molecule has 1 fully saturated rings. The lowest BCUT2D eigenvalue weighted by atomic mass is 10.2. The van der Waals surface area contributed by atoms with Crippen molar-refractivity contribution in [2.45, 2.75) is 25.3 Å². The molecule has 0 aromatic heterocycles. The standard InChI is InChI=1S/C15H20FN3O2.ClH/c16-12-5-3-11(4-6-12)15(21)18-8-1-2-14(20)19-13-7-9-17-10-13;/h3-6,13,17H,1-2,7-10H2,(H,18,21)(H,19,20);1H. The number of carbonyl (C=O) groups excluding carboxylic acids is 2. The van der Waals surface area contributed by atoms with Gasteiger partial charge in [0, 0.05) is 31.1 Å². The molecule has 1 saturated heterocycles. The second-order valence-corrected chi connectivity index (χ2v) is 5.12. The molecule has 3 N–H and O–H groups in total. The lowest BCUT2D eigenvalue weighted by molar-refractivity contribution is -0.121. The van der Waals surface area contributed by atoms with Crippen LogP contribution in [0.2, 0.25) is 0 Å². The number of benzene rings is 1. The van der Waals surface area contributed by atoms with E-state index in [1.54, 1.807) is 0 Å². The quantitative estimate of drug-likeness (QED) is 0.688. The highest BCUT2D eigenvalue weighted by Gasteiger charge is 2.16. The van der Waals surface area contributed by atoms with Crippen LogP contribution in [0.1, 0.15) is 29.6 Å². The largest absolute Gasteiger partial charge is 0.352 e. The van der Waals surface area contributed by atoms with Crippen molar-refractivity contribution < 1.29 is 14.0 Å². The highest BCUT2D eigenvalue weighted by Crippen LogP contribution is 2.03. The molecule has 22 heavy (non-hydrogen) atoms. The zero-order chi connectivity index (χ0) is 15.1. The SMILES string of the molecule is Cl.O=C(CCCNC(=O)c1ccc(F)cc1)NC1CCNC1. The molecule has 2 rings (SSSR count). The van der Waals surface area contributed by atoms with E-state index in [2.05, 4.69) is 16.0 Å². The van der Waals surface area contributed by atoms with Crippen molar-refractivity contribution in [2.75, 3.05) is 19.6 Å². The van der Waals surface area contributed by atoms with Crippen LogP contribution >= 0.6 is 12.4 Å². The minimum Gasteiger partial charge on any atom is -0.352 e. The van der Waals surface area contributed by atoms with Crippen molar-refractivity contribution in [2.24, 2.45) is 0 Å². The summed E-state index contributed by atoms with van der Waals surface area (Å²) in [6, 6.07) is 5.59. The maximum atomic E-state index is 12.7. The van der Waals surface area contributed by atoms with Crippen LogP contribution in [0.4, 0.5) is 4.39 Å². The Bertz CT molecular complexity index is 490. The second kappa shape index (κ2) is 9.38. The fraction of sp³-hybridized carbons (Fsp3) is 0.467. The van der Waals surface area contributed by atoms with Gasteiger partial charge in [-0.3, -0.25) is 9.59 Å². The molecule has 0 bridgehead atoms. The van der Waals surface area contributed by atoms with Crippen molar-refractivity contribution in [1.29, 1.82) is 0 Å². The Balaban J connectivity index is 0.00000242. The van der Waals surface area contributed by atoms with E-state index >= 15 is 0 Å². The third-order valence-corrected chi connectivity index (χ3v) is 3.40. The average Bonchev–Trinajstić information content (AvgIpc) is 2.97. The molecule has 5 nitrogen and oxygen atoms in total. The van der Waals surface area contributed by atoms with Crippen LogP contribution in [0.25, 0.3) is 0 Å². The third-order valence-electron chi connectivity index (χ3n) is 3.40. The van der Waals surface area contributed by atoms with E-state index in [1.807, 2.05) is 0 Å². The molecule has 1 aliphatic heterocycles. The van der Waals surface area contributed by atoms with Crippen LogP contribution in [0.3, 0.4) is 0 Å². The van der Waals surface area contributed by atoms with Crippen LogP contribution in [0.15, 0.2) is 24.3 Å². The van der Waals surface area contributed by atoms with E-state index in [-0.39, 0.29) is 36.1 Å². The first kappa shape index (κ1) is 18.4. The Hall–Kier alpha value is -1.66. The van der Waals surface area contributed by atoms with Crippen LogP contribution in [0.5, 0.6) is 0 Å². The van der Waals surface area contributed by atoms with Crippen molar-refractivity contribution >= 4 is 24.2 Å². The van der Waals surface area contributed by atoms with Crippen molar-refractivity contribution in [3.8, 4) is 0 Å². The number of carbonyl (C=O) groups is 2. The van der Waals surface area contributed by atoms with Gasteiger partial charge in [0.15, 0.2) is 0 Å². The highest BCUT2D eigenvalue weighted by atomic mass is 35.5. The van der Waals surface area contributed by atoms with Gasteiger partial charge in [-0.25, -0.2) is 4.39 Å². The normalized spacial score (nSPS) is 16.7. The van der Waals surface area contributed by atoms with Crippen molar-refractivity contribution in [1.82, 2.24) is 16.0 Å². The van der Waals surface area contributed by atoms with Gasteiger partial charge in [0.2, 0.25) is 5.91 Å². The summed E-state index contributed by atoms with van der Waals surface area (Å²) >= 11 is 0. The van der Waals surface area contributed by atoms with Gasteiger partial charge in [-0.1, -0.05) is 0 Å². The van der Waals surface area contributed by atoms with Crippen LogP contribution in [-0.4, -0.2) is 37.5 Å². The number of amides is 2. The molecule has 1 atom stereocenters. The molecule has 0 saturated carbocycles. The molecule has 7 heteroatoms. The predicted octanol–water partition coefficient (Wildman–Crippen LogP) is 1.24. The number of rotatable bonds is 6. The number of halogens is 2. The van der Waals surface area contributed by atoms with E-state index in [1.165, 1.54) is 24.3 Å². The highest BCUT2D eigenvalue weighted by molar-refractivity contribution is 5.94. The predicted molar refractivity (Wildman–Crippen MR) is 84.6 cm³/mol. The lowest BCUT2D eigenvalue weighted by Gasteiger charge is -2.11. The molecular formula is C15H21ClFN3O2. The van der Waals surface area contributed by atoms with E-state index in [0.717, 1.165) is 19.5 Å². The topological polar surface area (TPSA) is 70.2 Å². The van der Waals surface area contributed by atoms with Crippen LogP contribution in [-0.2, 0) is 4.79 Å². The molecule has 1 aliphatic rings. The van der Waals surface area contributed by atoms with E-state index in [4.69, 9.17) is 0 Å². The molecule has 1 aromatic carbocycles. The van der Waals surface area contributed by atoms with Gasteiger partial charge in [-0.2, -0.15) is 0 Å². The Morgan fingerprint density at radius 3 is 2.64 bits per heavy atom. The minimum atomic E-state index is -0.371. The smallest absolute Gasteiger partial charge is 0.251 e. The summed E-state index contributed by atoms with van der Waals surface area (Å²) in [5.41, 5.74) is 0.415. The summed E-state index contributed by atoms with van der Waals surface area (Å²) in [5, 5.41) is 8.85. The zero-order valence-corrected chi connectivity index (χ0v) is 13.0. The first-order chi connectivity index (χ1) is 10.1. The molecule has 0 radical (unpaired) electrons. The fourth-order valence-corrected chi connectivity index (χ4v) is 2.23. The Labute approximate surface area is 135 Å². The molecule has 1 heterocycles. The van der Waals surface area contributed by atoms with Crippen LogP contribution < -0.4 is 16.0 Å². The van der Waals surface area contributed by atoms with Gasteiger partial charge < -0.3 is 16.0 Å². The maximum Gasteiger partial charge on any atom is 0.251 e. The molecule has 1 unspecified atom stereocenters. The monoisotopic (exact) mass is 329 g/mol. The Morgan fingerprint density at radius 2 is 2.00 bits per heavy atom. The molecule has 2 amide bonds. The second-order valence-electron chi connectivity index (χ2n) is 5.12. The number of hydrogen-bond donors (Lipinski definition) is 3. The summed E-state index contributed by atoms with van der Waals surface area (Å²) < 4.78 is 12.7. The number of hydrogen-bond acceptors (Lipinski definition) is 3. The summed E-state index contributed by atoms with van der Waals surface area (Å²) in [4.78, 5) is 23.4. The fourth-order valence-electron chi connectivity index (χ4n) is 2.23. The maximum absolute atomic E-state index is 12.7. The van der Waals surface area contributed by atoms with Crippen molar-refractivity contribution in [3.05, 3.63) is 35.6 Å². The molecule has 122 valence electrons. The first-order valence-electron chi connectivity index (χ1n) is 7.19. The van der Waals surface area contributed by atoms with E-state index in [0.29, 0.717) is 24.9 Å². The molecular weight excluding hydrogens is 309 g/mol. The molecule has 1 aromatic rings. The van der Waals surface area contributed by atoms with E-state index in [9.17, 15) is 14.0 Å². The Morgan fingerprint density at radius 1 is 1.27 bits per heavy atom. The molecule has 0 spiro atoms. The van der Waals surface area contributed by atoms with E-state index < -0.39 is 0 Å². The summed E-state index contributed by atoms with van der Waals surface area (Å²) in [5.74, 6) is -0.611. The minimum absolute atomic E-state index is 0. The van der Waals surface area contributed by atoms with Gasteiger partial charge in [-0.15, -0.1) is 12.4 Å². The van der Waals surface area contributed by atoms with Gasteiger partial charge in [0.25, 0.3) is 5.91 Å². The van der Waals surface area contributed by atoms with Crippen LogP contribution in [0, 0.1) is 5.82 Å². The van der Waals surface area contributed by atoms with Gasteiger partial charge >= 0.3 is 0 Å². The lowest BCUT2D eigenvalue weighted by Crippen LogP contribution is -2.36. The summed E-state index contributed by atoms with van der Waals surface area (Å²) in [7, 11) is 0. The summed E-state index contributed by atoms with van der Waals surface area (Å²) in [6.07, 6.45) is 1.94. The van der Waals surface area contributed by atoms with Gasteiger partial charge in [0.05, 0.1) is 0 Å². The number of nitrogens with one attached hydrogen (secondary N) is 3. The molecule has 0 aliphatic carbocycles.